The van der Waals surface area contributed by atoms with Crippen molar-refractivity contribution in [2.75, 3.05) is 6.54 Å². The van der Waals surface area contributed by atoms with E-state index in [0.29, 0.717) is 23.7 Å². The fourth-order valence-electron chi connectivity index (χ4n) is 5.67. The molecule has 242 valence electrons. The molecule has 2 aliphatic heterocycles. The largest absolute Gasteiger partial charge is 0.507 e. The van der Waals surface area contributed by atoms with Crippen LogP contribution in [0.15, 0.2) is 42.5 Å². The average molecular weight is 629 g/mol. The molecule has 5 N–H and O–H groups in total. The molecular formula is C34H40N6O6. The van der Waals surface area contributed by atoms with Crippen molar-refractivity contribution in [3.05, 3.63) is 76.4 Å². The summed E-state index contributed by atoms with van der Waals surface area (Å²) in [7, 11) is 0. The average Bonchev–Trinajstić information content (AvgIpc) is 3.50. The highest BCUT2D eigenvalue weighted by Crippen LogP contribution is 2.28. The van der Waals surface area contributed by atoms with Crippen LogP contribution in [0.3, 0.4) is 0 Å². The Hall–Kier alpha value is -5.00. The molecule has 3 heterocycles. The number of phenols is 1. The topological polar surface area (TPSA) is 172 Å². The van der Waals surface area contributed by atoms with Crippen LogP contribution in [0.2, 0.25) is 0 Å². The predicted molar refractivity (Wildman–Crippen MR) is 169 cm³/mol. The fourth-order valence-corrected chi connectivity index (χ4v) is 5.67. The number of rotatable bonds is 5. The Balaban J connectivity index is 1.36. The van der Waals surface area contributed by atoms with E-state index in [2.05, 4.69) is 31.2 Å². The third kappa shape index (κ3) is 7.61. The summed E-state index contributed by atoms with van der Waals surface area (Å²) in [6.45, 7) is 7.28. The summed E-state index contributed by atoms with van der Waals surface area (Å²) < 4.78 is 5.92. The van der Waals surface area contributed by atoms with Gasteiger partial charge in [0.25, 0.3) is 5.91 Å². The maximum absolute atomic E-state index is 13.4. The maximum Gasteiger partial charge on any atom is 0.255 e. The normalized spacial score (nSPS) is 20.1. The zero-order chi connectivity index (χ0) is 33.0. The van der Waals surface area contributed by atoms with Gasteiger partial charge in [0.2, 0.25) is 17.7 Å². The minimum Gasteiger partial charge on any atom is -0.507 e. The van der Waals surface area contributed by atoms with Gasteiger partial charge in [0.05, 0.1) is 5.56 Å². The molecule has 46 heavy (non-hydrogen) atoms. The lowest BCUT2D eigenvalue weighted by Crippen LogP contribution is -2.57. The number of carbonyl (C=O) groups excluding carboxylic acids is 4. The van der Waals surface area contributed by atoms with E-state index in [4.69, 9.17) is 4.74 Å². The van der Waals surface area contributed by atoms with Crippen molar-refractivity contribution < 1.29 is 29.0 Å². The first kappa shape index (κ1) is 32.4. The molecule has 0 radical (unpaired) electrons. The van der Waals surface area contributed by atoms with E-state index in [1.165, 1.54) is 30.7 Å². The first-order valence-electron chi connectivity index (χ1n) is 15.6. The van der Waals surface area contributed by atoms with Gasteiger partial charge in [-0.15, -0.1) is 0 Å². The summed E-state index contributed by atoms with van der Waals surface area (Å²) in [5.74, 6) is -1.39. The molecule has 4 bridgehead atoms. The standard InChI is InChI=1S/C34H40N6O6/c1-18(2)30-34(45)37-20(4)31(42)39-27(33(44)35-15-14-29-36-19(3)24-6-5-7-26(24)38-29)16-21-8-10-22(11-9-21)46-23-12-13-28(41)25(17-23)32(43)40-30/h8-13,17-18,20,27,30,41H,5-7,14-16H2,1-4H3,(H,35,44)(H,37,45)(H,39,42)(H,40,43)/t20-,27-,30-/m0/s1. The molecule has 6 rings (SSSR count). The Kier molecular flexibility index (Phi) is 9.84. The van der Waals surface area contributed by atoms with Gasteiger partial charge in [-0.25, -0.2) is 9.97 Å². The third-order valence-corrected chi connectivity index (χ3v) is 8.27. The molecule has 1 aromatic heterocycles. The van der Waals surface area contributed by atoms with Crippen molar-refractivity contribution in [3.63, 3.8) is 0 Å². The number of fused-ring (bicyclic) bond motifs is 12. The fraction of sp³-hybridized carbons (Fsp3) is 0.412. The van der Waals surface area contributed by atoms with Gasteiger partial charge in [0.15, 0.2) is 0 Å². The van der Waals surface area contributed by atoms with E-state index < -0.39 is 35.8 Å². The number of aryl methyl sites for hydroxylation is 2. The van der Waals surface area contributed by atoms with E-state index >= 15 is 0 Å². The molecule has 3 aliphatic rings. The predicted octanol–water partition coefficient (Wildman–Crippen LogP) is 2.43. The van der Waals surface area contributed by atoms with Crippen molar-refractivity contribution >= 4 is 23.6 Å². The number of nitrogens with one attached hydrogen (secondary N) is 4. The van der Waals surface area contributed by atoms with E-state index in [9.17, 15) is 24.3 Å². The highest BCUT2D eigenvalue weighted by molar-refractivity contribution is 6.00. The summed E-state index contributed by atoms with van der Waals surface area (Å²) >= 11 is 0. The van der Waals surface area contributed by atoms with Crippen molar-refractivity contribution in [1.82, 2.24) is 31.2 Å². The van der Waals surface area contributed by atoms with Crippen LogP contribution in [0, 0.1) is 12.8 Å². The quantitative estimate of drug-likeness (QED) is 0.268. The third-order valence-electron chi connectivity index (χ3n) is 8.27. The number of aromatic nitrogens is 2. The van der Waals surface area contributed by atoms with Crippen LogP contribution in [0.25, 0.3) is 0 Å². The van der Waals surface area contributed by atoms with Gasteiger partial charge in [-0.05, 0) is 80.5 Å². The molecule has 1 aliphatic carbocycles. The number of hydrogen-bond donors (Lipinski definition) is 5. The number of benzene rings is 2. The van der Waals surface area contributed by atoms with Crippen LogP contribution in [-0.4, -0.2) is 63.4 Å². The van der Waals surface area contributed by atoms with Crippen molar-refractivity contribution in [3.8, 4) is 17.2 Å². The van der Waals surface area contributed by atoms with Gasteiger partial charge in [-0.2, -0.15) is 0 Å². The summed E-state index contributed by atoms with van der Waals surface area (Å²) in [5.41, 5.74) is 3.98. The van der Waals surface area contributed by atoms with Gasteiger partial charge in [0, 0.05) is 30.8 Å². The van der Waals surface area contributed by atoms with E-state index in [-0.39, 0.29) is 36.1 Å². The van der Waals surface area contributed by atoms with Crippen molar-refractivity contribution in [1.29, 1.82) is 0 Å². The molecule has 0 spiro atoms. The second kappa shape index (κ2) is 14.0. The van der Waals surface area contributed by atoms with Crippen molar-refractivity contribution in [2.24, 2.45) is 5.92 Å². The summed E-state index contributed by atoms with van der Waals surface area (Å²) in [6, 6.07) is 8.27. The van der Waals surface area contributed by atoms with Crippen LogP contribution in [0.1, 0.15) is 65.9 Å². The molecule has 3 atom stereocenters. The first-order valence-corrected chi connectivity index (χ1v) is 15.6. The summed E-state index contributed by atoms with van der Waals surface area (Å²) in [6.07, 6.45) is 3.63. The molecule has 0 unspecified atom stereocenters. The lowest BCUT2D eigenvalue weighted by molar-refractivity contribution is -0.132. The van der Waals surface area contributed by atoms with Gasteiger partial charge < -0.3 is 31.1 Å². The molecule has 0 saturated heterocycles. The number of amides is 4. The number of hydrogen-bond acceptors (Lipinski definition) is 8. The molecular weight excluding hydrogens is 588 g/mol. The number of nitrogens with zero attached hydrogens (tertiary/aromatic N) is 2. The molecule has 0 fully saturated rings. The number of aromatic hydroxyl groups is 1. The van der Waals surface area contributed by atoms with E-state index in [0.717, 1.165) is 36.2 Å². The second-order valence-corrected chi connectivity index (χ2v) is 12.2. The zero-order valence-corrected chi connectivity index (χ0v) is 26.5. The van der Waals surface area contributed by atoms with Crippen LogP contribution < -0.4 is 26.0 Å². The second-order valence-electron chi connectivity index (χ2n) is 12.2. The highest BCUT2D eigenvalue weighted by Gasteiger charge is 2.30. The number of carbonyl (C=O) groups is 4. The minimum absolute atomic E-state index is 0.0637. The molecule has 12 heteroatoms. The van der Waals surface area contributed by atoms with Gasteiger partial charge in [-0.1, -0.05) is 26.0 Å². The van der Waals surface area contributed by atoms with Crippen LogP contribution >= 0.6 is 0 Å². The number of phenolic OH excluding ortho intramolecular Hbond substituents is 1. The molecule has 4 amide bonds. The van der Waals surface area contributed by atoms with E-state index in [1.807, 2.05) is 6.92 Å². The maximum atomic E-state index is 13.4. The lowest BCUT2D eigenvalue weighted by Gasteiger charge is -2.25. The van der Waals surface area contributed by atoms with Crippen LogP contribution in [0.4, 0.5) is 0 Å². The number of ether oxygens (including phenoxy) is 1. The van der Waals surface area contributed by atoms with Crippen LogP contribution in [0.5, 0.6) is 17.2 Å². The van der Waals surface area contributed by atoms with Crippen molar-refractivity contribution in [2.45, 2.75) is 77.9 Å². The van der Waals surface area contributed by atoms with Gasteiger partial charge in [0.1, 0.15) is 41.2 Å². The Bertz CT molecular complexity index is 1640. The lowest BCUT2D eigenvalue weighted by atomic mass is 10.0. The SMILES string of the molecule is Cc1nc(CCNC(=O)[C@@H]2Cc3ccc(cc3)Oc3ccc(O)c(c3)C(=O)N[C@@H](C(C)C)C(=O)N[C@@H](C)C(=O)N2)nc2c1CCC2. The van der Waals surface area contributed by atoms with Gasteiger partial charge in [-0.3, -0.25) is 19.2 Å². The molecule has 0 saturated carbocycles. The molecule has 12 nitrogen and oxygen atoms in total. The Morgan fingerprint density at radius 3 is 2.48 bits per heavy atom. The Morgan fingerprint density at radius 1 is 1.00 bits per heavy atom. The Morgan fingerprint density at radius 2 is 1.74 bits per heavy atom. The smallest absolute Gasteiger partial charge is 0.255 e. The monoisotopic (exact) mass is 628 g/mol. The highest BCUT2D eigenvalue weighted by atomic mass is 16.5. The first-order chi connectivity index (χ1) is 22.0. The Labute approximate surface area is 267 Å². The van der Waals surface area contributed by atoms with Crippen LogP contribution in [-0.2, 0) is 40.1 Å². The summed E-state index contributed by atoms with van der Waals surface area (Å²) in [4.78, 5) is 62.4. The van der Waals surface area contributed by atoms with Gasteiger partial charge >= 0.3 is 0 Å². The molecule has 3 aromatic rings. The summed E-state index contributed by atoms with van der Waals surface area (Å²) in [5, 5.41) is 21.4. The van der Waals surface area contributed by atoms with E-state index in [1.54, 1.807) is 38.1 Å². The molecule has 2 aromatic carbocycles. The minimum atomic E-state index is -1.02. The zero-order valence-electron chi connectivity index (χ0n) is 26.5.